The fourth-order valence-electron chi connectivity index (χ4n) is 3.61. The Kier molecular flexibility index (Phi) is 5.80. The van der Waals surface area contributed by atoms with Crippen LogP contribution in [-0.2, 0) is 9.53 Å². The number of carbonyl (C=O) groups excluding carboxylic acids is 1. The first-order valence-electron chi connectivity index (χ1n) is 9.42. The van der Waals surface area contributed by atoms with E-state index in [1.54, 1.807) is 0 Å². The van der Waals surface area contributed by atoms with Gasteiger partial charge < -0.3 is 14.2 Å². The van der Waals surface area contributed by atoms with Crippen LogP contribution in [0.5, 0.6) is 11.5 Å². The van der Waals surface area contributed by atoms with Gasteiger partial charge in [0.25, 0.3) is 0 Å². The molecule has 1 aliphatic carbocycles. The Morgan fingerprint density at radius 3 is 2.78 bits per heavy atom. The zero-order valence-electron chi connectivity index (χ0n) is 15.7. The Balaban J connectivity index is 2.08. The number of Topliss-reactive ketones (excluding diaryl/α,β-unsaturated/α-hetero) is 1. The zero-order valence-corrected chi connectivity index (χ0v) is 15.7. The van der Waals surface area contributed by atoms with Crippen molar-refractivity contribution in [3.05, 3.63) is 35.1 Å². The number of carbonyl (C=O) groups is 1. The summed E-state index contributed by atoms with van der Waals surface area (Å²) in [5, 5.41) is 17.8. The van der Waals surface area contributed by atoms with Crippen LogP contribution in [-0.4, -0.2) is 24.9 Å². The molecule has 27 heavy (non-hydrogen) atoms. The number of hydrogen-bond donors (Lipinski definition) is 1. The highest BCUT2D eigenvalue weighted by Gasteiger charge is 2.42. The maximum Gasteiger partial charge on any atom is 0.205 e. The lowest BCUT2D eigenvalue weighted by Crippen LogP contribution is -2.34. The first-order valence-corrected chi connectivity index (χ1v) is 9.42. The molecule has 1 N–H and O–H groups in total. The molecule has 0 saturated heterocycles. The van der Waals surface area contributed by atoms with Crippen LogP contribution in [0.1, 0.15) is 51.0 Å². The van der Waals surface area contributed by atoms with E-state index >= 15 is 0 Å². The summed E-state index contributed by atoms with van der Waals surface area (Å²) < 4.78 is 17.0. The average Bonchev–Trinajstić information content (AvgIpc) is 2.66. The quantitative estimate of drug-likeness (QED) is 0.815. The van der Waals surface area contributed by atoms with Gasteiger partial charge in [0.05, 0.1) is 19.3 Å². The molecule has 6 heteroatoms. The lowest BCUT2D eigenvalue weighted by molar-refractivity contribution is -0.116. The lowest BCUT2D eigenvalue weighted by Gasteiger charge is -2.34. The Hall–Kier alpha value is -2.81. The van der Waals surface area contributed by atoms with Gasteiger partial charge in [0.1, 0.15) is 11.7 Å². The van der Waals surface area contributed by atoms with Crippen molar-refractivity contribution in [3.8, 4) is 17.6 Å². The van der Waals surface area contributed by atoms with Gasteiger partial charge >= 0.3 is 0 Å². The number of nitrogens with zero attached hydrogens (tertiary/aromatic N) is 1. The number of hydrogen-bond acceptors (Lipinski definition) is 6. The normalized spacial score (nSPS) is 22.0. The minimum atomic E-state index is -0.831. The van der Waals surface area contributed by atoms with Gasteiger partial charge in [-0.3, -0.25) is 10.2 Å². The molecule has 2 aliphatic rings. The minimum absolute atomic E-state index is 0.00160. The van der Waals surface area contributed by atoms with Crippen LogP contribution in [0.4, 0.5) is 0 Å². The third-order valence-electron chi connectivity index (χ3n) is 4.80. The van der Waals surface area contributed by atoms with E-state index in [2.05, 4.69) is 6.07 Å². The molecule has 0 aromatic heterocycles. The standard InChI is InChI=1S/C21H24N2O4/c1-3-10-26-16-9-8-13(11-18(16)25-4-2)19-14(12-22)21(23)27-17-7-5-6-15(24)20(17)19/h8-9,11,14,19,23H,3-7,10H2,1-2H3. The molecule has 1 aliphatic heterocycles. The largest absolute Gasteiger partial charge is 0.490 e. The van der Waals surface area contributed by atoms with E-state index in [1.165, 1.54) is 0 Å². The van der Waals surface area contributed by atoms with Crippen LogP contribution in [0.15, 0.2) is 29.5 Å². The van der Waals surface area contributed by atoms with E-state index in [0.29, 0.717) is 55.3 Å². The Morgan fingerprint density at radius 1 is 1.26 bits per heavy atom. The van der Waals surface area contributed by atoms with Crippen molar-refractivity contribution >= 4 is 11.7 Å². The van der Waals surface area contributed by atoms with Gasteiger partial charge in [0.2, 0.25) is 5.90 Å². The van der Waals surface area contributed by atoms with Gasteiger partial charge in [-0.25, -0.2) is 0 Å². The highest BCUT2D eigenvalue weighted by Crippen LogP contribution is 2.45. The van der Waals surface area contributed by atoms with Crippen LogP contribution in [0, 0.1) is 22.7 Å². The molecular formula is C21H24N2O4. The average molecular weight is 368 g/mol. The molecule has 1 aromatic carbocycles. The summed E-state index contributed by atoms with van der Waals surface area (Å²) in [6.45, 7) is 4.98. The van der Waals surface area contributed by atoms with Crippen molar-refractivity contribution in [2.75, 3.05) is 13.2 Å². The van der Waals surface area contributed by atoms with Gasteiger partial charge in [-0.1, -0.05) is 13.0 Å². The summed E-state index contributed by atoms with van der Waals surface area (Å²) >= 11 is 0. The molecule has 0 amide bonds. The Labute approximate surface area is 159 Å². The molecule has 142 valence electrons. The lowest BCUT2D eigenvalue weighted by atomic mass is 9.74. The Bertz CT molecular complexity index is 822. The predicted octanol–water partition coefficient (Wildman–Crippen LogP) is 4.11. The maximum absolute atomic E-state index is 12.6. The van der Waals surface area contributed by atoms with Crippen LogP contribution < -0.4 is 9.47 Å². The molecule has 1 heterocycles. The fourth-order valence-corrected chi connectivity index (χ4v) is 3.61. The van der Waals surface area contributed by atoms with Crippen molar-refractivity contribution in [3.63, 3.8) is 0 Å². The second-order valence-electron chi connectivity index (χ2n) is 6.65. The first-order chi connectivity index (χ1) is 13.1. The maximum atomic E-state index is 12.6. The van der Waals surface area contributed by atoms with Crippen molar-refractivity contribution in [2.45, 2.75) is 45.4 Å². The summed E-state index contributed by atoms with van der Waals surface area (Å²) in [5.41, 5.74) is 1.30. The number of nitriles is 1. The van der Waals surface area contributed by atoms with Gasteiger partial charge in [-0.05, 0) is 37.5 Å². The van der Waals surface area contributed by atoms with E-state index in [9.17, 15) is 10.1 Å². The minimum Gasteiger partial charge on any atom is -0.490 e. The molecule has 2 atom stereocenters. The summed E-state index contributed by atoms with van der Waals surface area (Å²) in [7, 11) is 0. The van der Waals surface area contributed by atoms with Gasteiger partial charge in [-0.15, -0.1) is 0 Å². The number of rotatable bonds is 6. The van der Waals surface area contributed by atoms with Gasteiger partial charge in [0, 0.05) is 24.3 Å². The number of ketones is 1. The topological polar surface area (TPSA) is 92.4 Å². The molecule has 0 fully saturated rings. The summed E-state index contributed by atoms with van der Waals surface area (Å²) in [4.78, 5) is 12.6. The highest BCUT2D eigenvalue weighted by molar-refractivity contribution is 6.01. The molecule has 1 aromatic rings. The molecule has 0 bridgehead atoms. The number of ether oxygens (including phenoxy) is 3. The van der Waals surface area contributed by atoms with Crippen molar-refractivity contribution in [2.24, 2.45) is 5.92 Å². The predicted molar refractivity (Wildman–Crippen MR) is 99.9 cm³/mol. The SMILES string of the molecule is CCCOc1ccc(C2C3=C(CCCC3=O)OC(=N)C2C#N)cc1OCC. The smallest absolute Gasteiger partial charge is 0.205 e. The molecule has 0 radical (unpaired) electrons. The van der Waals surface area contributed by atoms with E-state index in [0.717, 1.165) is 12.0 Å². The van der Waals surface area contributed by atoms with E-state index < -0.39 is 11.8 Å². The first kappa shape index (κ1) is 19.0. The molecule has 0 spiro atoms. The second-order valence-corrected chi connectivity index (χ2v) is 6.65. The number of nitrogens with one attached hydrogen (secondary N) is 1. The molecule has 2 unspecified atom stereocenters. The molecule has 0 saturated carbocycles. The molecular weight excluding hydrogens is 344 g/mol. The molecule has 3 rings (SSSR count). The third kappa shape index (κ3) is 3.68. The summed E-state index contributed by atoms with van der Waals surface area (Å²) in [6.07, 6.45) is 2.66. The third-order valence-corrected chi connectivity index (χ3v) is 4.80. The zero-order chi connectivity index (χ0) is 19.4. The van der Waals surface area contributed by atoms with E-state index in [-0.39, 0.29) is 11.7 Å². The number of benzene rings is 1. The van der Waals surface area contributed by atoms with Crippen LogP contribution in [0.2, 0.25) is 0 Å². The fraction of sp³-hybridized carbons (Fsp3) is 0.476. The highest BCUT2D eigenvalue weighted by atomic mass is 16.5. The summed E-state index contributed by atoms with van der Waals surface area (Å²) in [6, 6.07) is 7.65. The van der Waals surface area contributed by atoms with Gasteiger partial charge in [-0.2, -0.15) is 5.26 Å². The van der Waals surface area contributed by atoms with Crippen LogP contribution in [0.3, 0.4) is 0 Å². The van der Waals surface area contributed by atoms with E-state index in [1.807, 2.05) is 32.0 Å². The van der Waals surface area contributed by atoms with E-state index in [4.69, 9.17) is 19.6 Å². The number of allylic oxidation sites excluding steroid dienone is 2. The second kappa shape index (κ2) is 8.26. The van der Waals surface area contributed by atoms with Crippen molar-refractivity contribution in [1.82, 2.24) is 0 Å². The van der Waals surface area contributed by atoms with Gasteiger partial charge in [0.15, 0.2) is 17.3 Å². The van der Waals surface area contributed by atoms with Crippen molar-refractivity contribution in [1.29, 1.82) is 10.7 Å². The van der Waals surface area contributed by atoms with Crippen LogP contribution >= 0.6 is 0 Å². The Morgan fingerprint density at radius 2 is 2.07 bits per heavy atom. The monoisotopic (exact) mass is 368 g/mol. The van der Waals surface area contributed by atoms with Crippen LogP contribution in [0.25, 0.3) is 0 Å². The summed E-state index contributed by atoms with van der Waals surface area (Å²) in [5.74, 6) is 0.322. The van der Waals surface area contributed by atoms with Crippen molar-refractivity contribution < 1.29 is 19.0 Å². The molecule has 6 nitrogen and oxygen atoms in total.